The second-order valence-electron chi connectivity index (χ2n) is 3.74. The van der Waals surface area contributed by atoms with Gasteiger partial charge in [0.05, 0.1) is 6.33 Å². The molecule has 0 bridgehead atoms. The van der Waals surface area contributed by atoms with E-state index in [1.54, 1.807) is 6.33 Å². The SMILES string of the molecule is CCOC1(Cl)N=C(C)N(C)c2ncn(C)c21. The topological polar surface area (TPSA) is 42.6 Å². The van der Waals surface area contributed by atoms with Crippen LogP contribution in [0.2, 0.25) is 0 Å². The summed E-state index contributed by atoms with van der Waals surface area (Å²) in [5.74, 6) is 1.58. The van der Waals surface area contributed by atoms with Crippen LogP contribution in [0.15, 0.2) is 11.3 Å². The highest BCUT2D eigenvalue weighted by molar-refractivity contribution is 6.24. The number of halogens is 1. The monoisotopic (exact) mass is 242 g/mol. The van der Waals surface area contributed by atoms with Crippen LogP contribution in [0.1, 0.15) is 19.5 Å². The molecule has 1 aliphatic heterocycles. The van der Waals surface area contributed by atoms with Crippen molar-refractivity contribution in [2.45, 2.75) is 19.0 Å². The number of amidine groups is 1. The molecule has 0 aliphatic carbocycles. The summed E-state index contributed by atoms with van der Waals surface area (Å²) in [6.07, 6.45) is 1.71. The van der Waals surface area contributed by atoms with E-state index in [9.17, 15) is 0 Å². The van der Waals surface area contributed by atoms with Crippen LogP contribution in [0.3, 0.4) is 0 Å². The highest BCUT2D eigenvalue weighted by Gasteiger charge is 2.41. The molecular formula is C10H15ClN4O. The Morgan fingerprint density at radius 2 is 2.19 bits per heavy atom. The first-order valence-corrected chi connectivity index (χ1v) is 5.52. The standard InChI is InChI=1S/C10H15ClN4O/c1-5-16-10(11)8-9(12-6-14(8)3)15(4)7(2)13-10/h6H,5H2,1-4H3. The van der Waals surface area contributed by atoms with Gasteiger partial charge in [-0.2, -0.15) is 0 Å². The number of aliphatic imine (C=N–C) groups is 1. The lowest BCUT2D eigenvalue weighted by Crippen LogP contribution is -2.37. The van der Waals surface area contributed by atoms with Crippen LogP contribution in [-0.4, -0.2) is 29.0 Å². The van der Waals surface area contributed by atoms with Crippen LogP contribution in [0.4, 0.5) is 5.82 Å². The maximum Gasteiger partial charge on any atom is 0.284 e. The van der Waals surface area contributed by atoms with Crippen molar-refractivity contribution in [3.63, 3.8) is 0 Å². The van der Waals surface area contributed by atoms with E-state index in [4.69, 9.17) is 16.3 Å². The summed E-state index contributed by atoms with van der Waals surface area (Å²) in [5.41, 5.74) is 0.768. The van der Waals surface area contributed by atoms with Crippen molar-refractivity contribution >= 4 is 23.3 Å². The Bertz CT molecular complexity index is 442. The zero-order chi connectivity index (χ0) is 11.9. The summed E-state index contributed by atoms with van der Waals surface area (Å²) in [4.78, 5) is 10.6. The summed E-state index contributed by atoms with van der Waals surface area (Å²) in [7, 11) is 3.79. The molecule has 0 spiro atoms. The smallest absolute Gasteiger partial charge is 0.284 e. The maximum atomic E-state index is 6.42. The number of aryl methyl sites for hydroxylation is 1. The fourth-order valence-corrected chi connectivity index (χ4v) is 2.25. The Morgan fingerprint density at radius 3 is 2.81 bits per heavy atom. The number of hydrogen-bond acceptors (Lipinski definition) is 4. The summed E-state index contributed by atoms with van der Waals surface area (Å²) in [5, 5.41) is -1.15. The number of ether oxygens (including phenoxy) is 1. The van der Waals surface area contributed by atoms with Crippen molar-refractivity contribution in [3.8, 4) is 0 Å². The highest BCUT2D eigenvalue weighted by atomic mass is 35.5. The van der Waals surface area contributed by atoms with Gasteiger partial charge in [0, 0.05) is 20.7 Å². The van der Waals surface area contributed by atoms with E-state index in [-0.39, 0.29) is 0 Å². The number of rotatable bonds is 2. The second-order valence-corrected chi connectivity index (χ2v) is 4.25. The first kappa shape index (κ1) is 11.4. The minimum Gasteiger partial charge on any atom is -0.336 e. The first-order chi connectivity index (χ1) is 7.49. The lowest BCUT2D eigenvalue weighted by atomic mass is 10.3. The number of fused-ring (bicyclic) bond motifs is 1. The van der Waals surface area contributed by atoms with Crippen LogP contribution in [0.25, 0.3) is 0 Å². The highest BCUT2D eigenvalue weighted by Crippen LogP contribution is 2.40. The Kier molecular flexibility index (Phi) is 2.67. The third-order valence-corrected chi connectivity index (χ3v) is 3.03. The molecule has 1 atom stereocenters. The first-order valence-electron chi connectivity index (χ1n) is 5.14. The van der Waals surface area contributed by atoms with Gasteiger partial charge in [0.2, 0.25) is 0 Å². The fourth-order valence-electron chi connectivity index (χ4n) is 1.80. The lowest BCUT2D eigenvalue weighted by Gasteiger charge is -2.32. The molecular weight excluding hydrogens is 228 g/mol. The van der Waals surface area contributed by atoms with E-state index in [1.165, 1.54) is 0 Å². The molecule has 0 N–H and O–H groups in total. The van der Waals surface area contributed by atoms with Crippen molar-refractivity contribution < 1.29 is 4.74 Å². The molecule has 1 aliphatic rings. The maximum absolute atomic E-state index is 6.42. The van der Waals surface area contributed by atoms with Gasteiger partial charge in [-0.05, 0) is 13.8 Å². The molecule has 0 fully saturated rings. The number of anilines is 1. The quantitative estimate of drug-likeness (QED) is 0.585. The van der Waals surface area contributed by atoms with E-state index >= 15 is 0 Å². The molecule has 0 amide bonds. The van der Waals surface area contributed by atoms with Crippen LogP contribution in [0.5, 0.6) is 0 Å². The second kappa shape index (κ2) is 3.75. The third kappa shape index (κ3) is 1.51. The largest absolute Gasteiger partial charge is 0.336 e. The van der Waals surface area contributed by atoms with Crippen LogP contribution >= 0.6 is 11.6 Å². The predicted molar refractivity (Wildman–Crippen MR) is 63.9 cm³/mol. The van der Waals surface area contributed by atoms with E-state index in [0.29, 0.717) is 6.61 Å². The van der Waals surface area contributed by atoms with E-state index in [1.807, 2.05) is 37.4 Å². The normalized spacial score (nSPS) is 24.3. The molecule has 6 heteroatoms. The summed E-state index contributed by atoms with van der Waals surface area (Å²) in [6, 6.07) is 0. The molecule has 5 nitrogen and oxygen atoms in total. The van der Waals surface area contributed by atoms with E-state index < -0.39 is 5.18 Å². The molecule has 2 heterocycles. The number of hydrogen-bond donors (Lipinski definition) is 0. The number of imidazole rings is 1. The molecule has 1 unspecified atom stereocenters. The van der Waals surface area contributed by atoms with Crippen LogP contribution in [-0.2, 0) is 17.0 Å². The molecule has 0 saturated heterocycles. The Balaban J connectivity index is 2.58. The molecule has 2 rings (SSSR count). The van der Waals surface area contributed by atoms with Crippen molar-refractivity contribution in [1.29, 1.82) is 0 Å². The number of aromatic nitrogens is 2. The van der Waals surface area contributed by atoms with Crippen molar-refractivity contribution in [1.82, 2.24) is 9.55 Å². The molecule has 16 heavy (non-hydrogen) atoms. The van der Waals surface area contributed by atoms with E-state index in [0.717, 1.165) is 17.3 Å². The lowest BCUT2D eigenvalue weighted by molar-refractivity contribution is 0.0259. The van der Waals surface area contributed by atoms with Gasteiger partial charge < -0.3 is 14.2 Å². The van der Waals surface area contributed by atoms with Crippen molar-refractivity contribution in [2.24, 2.45) is 12.0 Å². The minimum atomic E-state index is -1.15. The molecule has 0 radical (unpaired) electrons. The molecule has 88 valence electrons. The summed E-state index contributed by atoms with van der Waals surface area (Å²) >= 11 is 6.42. The average Bonchev–Trinajstić information content (AvgIpc) is 2.58. The average molecular weight is 243 g/mol. The molecule has 0 aromatic carbocycles. The Morgan fingerprint density at radius 1 is 1.50 bits per heavy atom. The molecule has 1 aromatic heterocycles. The van der Waals surface area contributed by atoms with Gasteiger partial charge in [-0.15, -0.1) is 0 Å². The number of nitrogens with zero attached hydrogens (tertiary/aromatic N) is 4. The van der Waals surface area contributed by atoms with Gasteiger partial charge in [-0.25, -0.2) is 9.98 Å². The third-order valence-electron chi connectivity index (χ3n) is 2.65. The molecule has 1 aromatic rings. The summed E-state index contributed by atoms with van der Waals surface area (Å²) < 4.78 is 7.38. The van der Waals surface area contributed by atoms with Gasteiger partial charge >= 0.3 is 0 Å². The Hall–Kier alpha value is -1.07. The van der Waals surface area contributed by atoms with Gasteiger partial charge in [0.15, 0.2) is 5.82 Å². The van der Waals surface area contributed by atoms with Crippen LogP contribution < -0.4 is 4.90 Å². The molecule has 0 saturated carbocycles. The predicted octanol–water partition coefficient (Wildman–Crippen LogP) is 1.67. The zero-order valence-corrected chi connectivity index (χ0v) is 10.6. The minimum absolute atomic E-state index is 0.495. The van der Waals surface area contributed by atoms with E-state index in [2.05, 4.69) is 9.98 Å². The van der Waals surface area contributed by atoms with Gasteiger partial charge in [-0.1, -0.05) is 11.6 Å². The summed E-state index contributed by atoms with van der Waals surface area (Å²) in [6.45, 7) is 4.27. The number of alkyl halides is 1. The zero-order valence-electron chi connectivity index (χ0n) is 9.86. The van der Waals surface area contributed by atoms with Gasteiger partial charge in [-0.3, -0.25) is 0 Å². The van der Waals surface area contributed by atoms with Gasteiger partial charge in [0.1, 0.15) is 11.5 Å². The van der Waals surface area contributed by atoms with Crippen LogP contribution in [0, 0.1) is 0 Å². The fraction of sp³-hybridized carbons (Fsp3) is 0.600. The Labute approximate surface area is 99.7 Å². The van der Waals surface area contributed by atoms with Crippen molar-refractivity contribution in [2.75, 3.05) is 18.6 Å². The van der Waals surface area contributed by atoms with Crippen molar-refractivity contribution in [3.05, 3.63) is 12.0 Å². The van der Waals surface area contributed by atoms with Gasteiger partial charge in [0.25, 0.3) is 5.18 Å².